The number of aryl methyl sites for hydroxylation is 1. The van der Waals surface area contributed by atoms with Gasteiger partial charge in [0.1, 0.15) is 16.9 Å². The van der Waals surface area contributed by atoms with E-state index in [0.717, 1.165) is 30.5 Å². The average molecular weight is 423 g/mol. The van der Waals surface area contributed by atoms with Gasteiger partial charge in [-0.25, -0.2) is 13.8 Å². The predicted molar refractivity (Wildman–Crippen MR) is 109 cm³/mol. The van der Waals surface area contributed by atoms with Gasteiger partial charge in [0.2, 0.25) is 5.88 Å². The van der Waals surface area contributed by atoms with E-state index in [0.29, 0.717) is 22.9 Å². The maximum Gasteiger partial charge on any atom is 0.267 e. The molecule has 0 aliphatic heterocycles. The van der Waals surface area contributed by atoms with Crippen LogP contribution in [0, 0.1) is 11.6 Å². The highest BCUT2D eigenvalue weighted by Crippen LogP contribution is 2.32. The number of thiazole rings is 1. The molecule has 7 nitrogen and oxygen atoms in total. The summed E-state index contributed by atoms with van der Waals surface area (Å²) in [4.78, 5) is 21.2. The zero-order valence-corrected chi connectivity index (χ0v) is 17.6. The number of fused-ring (bicyclic) bond motifs is 1. The Hall–Kier alpha value is -2.59. The summed E-state index contributed by atoms with van der Waals surface area (Å²) in [6.07, 6.45) is 1.57. The van der Waals surface area contributed by atoms with Crippen molar-refractivity contribution in [2.24, 2.45) is 7.05 Å². The molecule has 29 heavy (non-hydrogen) atoms. The molecule has 2 aromatic heterocycles. The first-order chi connectivity index (χ1) is 13.9. The molecule has 0 unspecified atom stereocenters. The molecule has 0 atom stereocenters. The Morgan fingerprint density at radius 2 is 1.97 bits per heavy atom. The first kappa shape index (κ1) is 21.1. The summed E-state index contributed by atoms with van der Waals surface area (Å²) in [6, 6.07) is 2.01. The van der Waals surface area contributed by atoms with Crippen molar-refractivity contribution in [2.75, 3.05) is 38.2 Å². The van der Waals surface area contributed by atoms with Crippen molar-refractivity contribution in [3.63, 3.8) is 0 Å². The molecule has 0 aliphatic rings. The number of amides is 1. The maximum atomic E-state index is 14.2. The number of methoxy groups -OCH3 is 1. The van der Waals surface area contributed by atoms with Crippen LogP contribution in [0.1, 0.15) is 24.2 Å². The molecular weight excluding hydrogens is 400 g/mol. The highest BCUT2D eigenvalue weighted by Gasteiger charge is 2.27. The van der Waals surface area contributed by atoms with E-state index < -0.39 is 11.6 Å². The Bertz CT molecular complexity index is 1020. The fourth-order valence-electron chi connectivity index (χ4n) is 3.04. The second-order valence-corrected chi connectivity index (χ2v) is 7.45. The van der Waals surface area contributed by atoms with Gasteiger partial charge in [-0.2, -0.15) is 0 Å². The predicted octanol–water partition coefficient (Wildman–Crippen LogP) is 3.31. The molecule has 0 spiro atoms. The van der Waals surface area contributed by atoms with Crippen LogP contribution in [0.2, 0.25) is 0 Å². The Balaban J connectivity index is 2.03. The van der Waals surface area contributed by atoms with Crippen LogP contribution in [0.25, 0.3) is 10.2 Å². The number of hydrogen-bond acceptors (Lipinski definition) is 6. The summed E-state index contributed by atoms with van der Waals surface area (Å²) in [5.74, 6) is -1.59. The molecule has 2 heterocycles. The SMILES string of the molecule is CCN(CC)CCN(C(=O)c1cn(C)nc1OC)c1nc2c(F)cc(F)cc2s1. The number of likely N-dealkylation sites (N-methyl/N-ethyl adjacent to an activating group) is 1. The van der Waals surface area contributed by atoms with E-state index in [1.807, 2.05) is 13.8 Å². The molecule has 0 saturated carbocycles. The number of anilines is 1. The zero-order chi connectivity index (χ0) is 21.1. The molecule has 0 saturated heterocycles. The minimum atomic E-state index is -0.752. The van der Waals surface area contributed by atoms with E-state index in [1.54, 1.807) is 13.2 Å². The Morgan fingerprint density at radius 1 is 1.24 bits per heavy atom. The number of carbonyl (C=O) groups is 1. The molecule has 1 amide bonds. The fourth-order valence-corrected chi connectivity index (χ4v) is 4.07. The van der Waals surface area contributed by atoms with Crippen LogP contribution in [-0.4, -0.2) is 58.9 Å². The molecule has 1 aromatic carbocycles. The number of carbonyl (C=O) groups excluding carboxylic acids is 1. The van der Waals surface area contributed by atoms with Crippen LogP contribution in [-0.2, 0) is 7.05 Å². The van der Waals surface area contributed by atoms with Gasteiger partial charge in [0.05, 0.1) is 11.8 Å². The van der Waals surface area contributed by atoms with Crippen molar-refractivity contribution in [1.82, 2.24) is 19.7 Å². The first-order valence-electron chi connectivity index (χ1n) is 9.25. The van der Waals surface area contributed by atoms with Crippen molar-refractivity contribution in [1.29, 1.82) is 0 Å². The molecule has 0 radical (unpaired) electrons. The largest absolute Gasteiger partial charge is 0.479 e. The first-order valence-corrected chi connectivity index (χ1v) is 10.1. The molecular formula is C19H23F2N5O2S. The lowest BCUT2D eigenvalue weighted by Gasteiger charge is -2.24. The minimum Gasteiger partial charge on any atom is -0.479 e. The van der Waals surface area contributed by atoms with Crippen molar-refractivity contribution in [3.05, 3.63) is 35.5 Å². The summed E-state index contributed by atoms with van der Waals surface area (Å²) in [7, 11) is 3.13. The minimum absolute atomic E-state index is 0.0465. The summed E-state index contributed by atoms with van der Waals surface area (Å²) in [6.45, 7) is 6.67. The van der Waals surface area contributed by atoms with Gasteiger partial charge in [-0.3, -0.25) is 14.4 Å². The van der Waals surface area contributed by atoms with Crippen molar-refractivity contribution in [2.45, 2.75) is 13.8 Å². The van der Waals surface area contributed by atoms with Crippen LogP contribution in [0.4, 0.5) is 13.9 Å². The van der Waals surface area contributed by atoms with E-state index in [2.05, 4.69) is 15.0 Å². The third kappa shape index (κ3) is 4.38. The second-order valence-electron chi connectivity index (χ2n) is 6.44. The van der Waals surface area contributed by atoms with Gasteiger partial charge in [0.15, 0.2) is 10.9 Å². The van der Waals surface area contributed by atoms with E-state index in [-0.39, 0.29) is 22.9 Å². The molecule has 0 N–H and O–H groups in total. The molecule has 10 heteroatoms. The molecule has 0 aliphatic carbocycles. The normalized spacial score (nSPS) is 11.4. The van der Waals surface area contributed by atoms with Gasteiger partial charge < -0.3 is 9.64 Å². The van der Waals surface area contributed by atoms with E-state index >= 15 is 0 Å². The number of ether oxygens (including phenoxy) is 1. The number of hydrogen-bond donors (Lipinski definition) is 0. The maximum absolute atomic E-state index is 14.2. The lowest BCUT2D eigenvalue weighted by molar-refractivity contribution is 0.0980. The summed E-state index contributed by atoms with van der Waals surface area (Å²) in [5.41, 5.74) is 0.325. The van der Waals surface area contributed by atoms with Gasteiger partial charge in [-0.1, -0.05) is 25.2 Å². The summed E-state index contributed by atoms with van der Waals surface area (Å²) >= 11 is 1.07. The van der Waals surface area contributed by atoms with Crippen molar-refractivity contribution >= 4 is 32.6 Å². The average Bonchev–Trinajstić information content (AvgIpc) is 3.28. The fraction of sp³-hybridized carbons (Fsp3) is 0.421. The van der Waals surface area contributed by atoms with Crippen molar-refractivity contribution < 1.29 is 18.3 Å². The number of benzene rings is 1. The third-order valence-corrected chi connectivity index (χ3v) is 5.66. The quantitative estimate of drug-likeness (QED) is 0.556. The van der Waals surface area contributed by atoms with Gasteiger partial charge >= 0.3 is 0 Å². The van der Waals surface area contributed by atoms with Crippen LogP contribution in [0.15, 0.2) is 18.3 Å². The number of rotatable bonds is 8. The van der Waals surface area contributed by atoms with Gasteiger partial charge in [-0.15, -0.1) is 5.10 Å². The number of aromatic nitrogens is 3. The zero-order valence-electron chi connectivity index (χ0n) is 16.8. The monoisotopic (exact) mass is 423 g/mol. The van der Waals surface area contributed by atoms with E-state index in [1.165, 1.54) is 22.8 Å². The highest BCUT2D eigenvalue weighted by atomic mass is 32.1. The third-order valence-electron chi connectivity index (χ3n) is 4.63. The van der Waals surface area contributed by atoms with Gasteiger partial charge in [-0.05, 0) is 19.2 Å². The van der Waals surface area contributed by atoms with Gasteiger partial charge in [0.25, 0.3) is 5.91 Å². The van der Waals surface area contributed by atoms with Crippen LogP contribution < -0.4 is 9.64 Å². The number of nitrogens with zero attached hydrogens (tertiary/aromatic N) is 5. The Labute approximate surface area is 171 Å². The van der Waals surface area contributed by atoms with E-state index in [9.17, 15) is 13.6 Å². The molecule has 3 aromatic rings. The molecule has 0 fully saturated rings. The van der Waals surface area contributed by atoms with E-state index in [4.69, 9.17) is 4.74 Å². The smallest absolute Gasteiger partial charge is 0.267 e. The lowest BCUT2D eigenvalue weighted by Crippen LogP contribution is -2.38. The van der Waals surface area contributed by atoms with Crippen LogP contribution in [0.3, 0.4) is 0 Å². The van der Waals surface area contributed by atoms with Gasteiger partial charge in [0, 0.05) is 32.4 Å². The van der Waals surface area contributed by atoms with Crippen LogP contribution in [0.5, 0.6) is 5.88 Å². The van der Waals surface area contributed by atoms with Crippen LogP contribution >= 0.6 is 11.3 Å². The summed E-state index contributed by atoms with van der Waals surface area (Å²) in [5, 5.41) is 4.43. The summed E-state index contributed by atoms with van der Waals surface area (Å²) < 4.78 is 34.8. The molecule has 3 rings (SSSR count). The molecule has 156 valence electrons. The lowest BCUT2D eigenvalue weighted by atomic mass is 10.3. The topological polar surface area (TPSA) is 63.5 Å². The Kier molecular flexibility index (Phi) is 6.43. The standard InChI is InChI=1S/C19H23F2N5O2S/c1-5-25(6-2)7-8-26(18(27)13-11-24(3)23-17(13)28-4)19-22-16-14(21)9-12(20)10-15(16)29-19/h9-11H,5-8H2,1-4H3. The number of halogens is 2. The molecule has 0 bridgehead atoms. The van der Waals surface area contributed by atoms with Crippen molar-refractivity contribution in [3.8, 4) is 5.88 Å². The highest BCUT2D eigenvalue weighted by molar-refractivity contribution is 7.22. The Morgan fingerprint density at radius 3 is 2.62 bits per heavy atom. The second kappa shape index (κ2) is 8.83.